The summed E-state index contributed by atoms with van der Waals surface area (Å²) in [6.45, 7) is 0. The van der Waals surface area contributed by atoms with Crippen molar-refractivity contribution in [1.29, 1.82) is 0 Å². The lowest BCUT2D eigenvalue weighted by Gasteiger charge is -2.26. The third-order valence-electron chi connectivity index (χ3n) is 12.5. The van der Waals surface area contributed by atoms with Gasteiger partial charge in [0.2, 0.25) is 5.89 Å². The van der Waals surface area contributed by atoms with Gasteiger partial charge in [-0.05, 0) is 138 Å². The fourth-order valence-corrected chi connectivity index (χ4v) is 9.23. The molecule has 3 nitrogen and oxygen atoms in total. The highest BCUT2D eigenvalue weighted by Crippen LogP contribution is 2.41. The second kappa shape index (κ2) is 15.7. The molecule has 0 aliphatic heterocycles. The van der Waals surface area contributed by atoms with Crippen LogP contribution in [-0.4, -0.2) is 4.98 Å². The lowest BCUT2D eigenvalue weighted by Crippen LogP contribution is -2.10. The fraction of sp³-hybridized carbons (Fsp3) is 0. The Morgan fingerprint density at radius 1 is 0.297 bits per heavy atom. The Balaban J connectivity index is 0.877. The Labute approximate surface area is 371 Å². The van der Waals surface area contributed by atoms with Crippen LogP contribution in [0.2, 0.25) is 0 Å². The van der Waals surface area contributed by atoms with Crippen LogP contribution in [0.15, 0.2) is 247 Å². The first-order chi connectivity index (χ1) is 31.7. The highest BCUT2D eigenvalue weighted by Gasteiger charge is 2.17. The van der Waals surface area contributed by atoms with Gasteiger partial charge >= 0.3 is 0 Å². The average Bonchev–Trinajstić information content (AvgIpc) is 3.83. The second-order valence-corrected chi connectivity index (χ2v) is 16.3. The lowest BCUT2D eigenvalue weighted by molar-refractivity contribution is 0.623. The van der Waals surface area contributed by atoms with E-state index in [1.54, 1.807) is 0 Å². The van der Waals surface area contributed by atoms with Crippen LogP contribution in [0.5, 0.6) is 0 Å². The van der Waals surface area contributed by atoms with Crippen molar-refractivity contribution < 1.29 is 4.42 Å². The van der Waals surface area contributed by atoms with E-state index in [4.69, 9.17) is 9.40 Å². The summed E-state index contributed by atoms with van der Waals surface area (Å²) in [5, 5.41) is 7.23. The Bertz CT molecular complexity index is 3630. The molecular weight excluding hydrogens is 777 g/mol. The maximum atomic E-state index is 6.38. The molecule has 0 aliphatic carbocycles. The normalized spacial score (nSPS) is 11.4. The van der Waals surface area contributed by atoms with Crippen LogP contribution in [0.25, 0.3) is 99.4 Å². The van der Waals surface area contributed by atoms with Gasteiger partial charge in [-0.15, -0.1) is 0 Å². The molecule has 1 heterocycles. The zero-order chi connectivity index (χ0) is 42.4. The summed E-state index contributed by atoms with van der Waals surface area (Å²) in [5.41, 5.74) is 15.3. The summed E-state index contributed by atoms with van der Waals surface area (Å²) >= 11 is 0. The van der Waals surface area contributed by atoms with Crippen molar-refractivity contribution in [1.82, 2.24) is 4.98 Å². The molecule has 11 aromatic carbocycles. The van der Waals surface area contributed by atoms with Crippen LogP contribution in [0, 0.1) is 0 Å². The van der Waals surface area contributed by atoms with Crippen LogP contribution < -0.4 is 4.90 Å². The number of anilines is 3. The summed E-state index contributed by atoms with van der Waals surface area (Å²) < 4.78 is 6.38. The zero-order valence-electron chi connectivity index (χ0n) is 34.9. The lowest BCUT2D eigenvalue weighted by atomic mass is 9.93. The second-order valence-electron chi connectivity index (χ2n) is 16.3. The van der Waals surface area contributed by atoms with E-state index in [2.05, 4.69) is 211 Å². The third kappa shape index (κ3) is 6.77. The van der Waals surface area contributed by atoms with E-state index < -0.39 is 0 Å². The van der Waals surface area contributed by atoms with Crippen LogP contribution in [0.1, 0.15) is 0 Å². The number of aromatic nitrogens is 1. The summed E-state index contributed by atoms with van der Waals surface area (Å²) in [6, 6.07) is 86.8. The molecule has 0 radical (unpaired) electrons. The minimum absolute atomic E-state index is 0.636. The molecule has 0 spiro atoms. The highest BCUT2D eigenvalue weighted by molar-refractivity contribution is 6.14. The Morgan fingerprint density at radius 2 is 0.812 bits per heavy atom. The number of hydrogen-bond acceptors (Lipinski definition) is 3. The predicted molar refractivity (Wildman–Crippen MR) is 268 cm³/mol. The average molecular weight is 817 g/mol. The van der Waals surface area contributed by atoms with E-state index in [-0.39, 0.29) is 0 Å². The van der Waals surface area contributed by atoms with Crippen LogP contribution >= 0.6 is 0 Å². The molecule has 0 unspecified atom stereocenters. The van der Waals surface area contributed by atoms with Crippen LogP contribution in [-0.2, 0) is 0 Å². The number of oxazole rings is 1. The molecule has 1 aromatic heterocycles. The molecule has 0 aliphatic rings. The number of benzene rings is 11. The van der Waals surface area contributed by atoms with Crippen molar-refractivity contribution in [3.63, 3.8) is 0 Å². The van der Waals surface area contributed by atoms with Gasteiger partial charge < -0.3 is 9.32 Å². The first-order valence-electron chi connectivity index (χ1n) is 21.8. The molecule has 12 aromatic rings. The van der Waals surface area contributed by atoms with Gasteiger partial charge in [-0.3, -0.25) is 0 Å². The molecule has 300 valence electrons. The molecule has 0 atom stereocenters. The predicted octanol–water partition coefficient (Wildman–Crippen LogP) is 17.1. The molecule has 64 heavy (non-hydrogen) atoms. The SMILES string of the molecule is c1ccc(-c2cccc(N(c3ccc(-c4ccc(-c5ccc6ccc7nc(-c8ccccc8)oc7c6c5)cc4)cc3)c3ccc(-c4cc5ccccc5c5ccccc45)cc3)c2)cc1. The van der Waals surface area contributed by atoms with Crippen LogP contribution in [0.4, 0.5) is 17.1 Å². The zero-order valence-corrected chi connectivity index (χ0v) is 34.9. The molecular formula is C61H40N2O. The maximum absolute atomic E-state index is 6.38. The minimum atomic E-state index is 0.636. The Kier molecular flexibility index (Phi) is 9.16. The first-order valence-corrected chi connectivity index (χ1v) is 21.8. The third-order valence-corrected chi connectivity index (χ3v) is 12.5. The van der Waals surface area contributed by atoms with E-state index in [1.165, 1.54) is 43.8 Å². The number of nitrogens with zero attached hydrogens (tertiary/aromatic N) is 2. The molecule has 0 amide bonds. The Hall–Kier alpha value is -8.53. The van der Waals surface area contributed by atoms with Crippen molar-refractivity contribution in [2.24, 2.45) is 0 Å². The Morgan fingerprint density at radius 3 is 1.53 bits per heavy atom. The quantitative estimate of drug-likeness (QED) is 0.143. The van der Waals surface area contributed by atoms with Gasteiger partial charge in [0.25, 0.3) is 0 Å². The first kappa shape index (κ1) is 37.2. The van der Waals surface area contributed by atoms with E-state index in [0.717, 1.165) is 66.8 Å². The largest absolute Gasteiger partial charge is 0.435 e. The fourth-order valence-electron chi connectivity index (χ4n) is 9.23. The van der Waals surface area contributed by atoms with Crippen molar-refractivity contribution in [3.05, 3.63) is 243 Å². The molecule has 12 rings (SSSR count). The van der Waals surface area contributed by atoms with E-state index >= 15 is 0 Å². The minimum Gasteiger partial charge on any atom is -0.435 e. The van der Waals surface area contributed by atoms with Crippen molar-refractivity contribution in [2.75, 3.05) is 4.90 Å². The molecule has 0 N–H and O–H groups in total. The van der Waals surface area contributed by atoms with Crippen molar-refractivity contribution in [2.45, 2.75) is 0 Å². The molecule has 0 saturated carbocycles. The highest BCUT2D eigenvalue weighted by atomic mass is 16.3. The van der Waals surface area contributed by atoms with Gasteiger partial charge in [-0.25, -0.2) is 4.98 Å². The monoisotopic (exact) mass is 816 g/mol. The van der Waals surface area contributed by atoms with Crippen LogP contribution in [0.3, 0.4) is 0 Å². The number of rotatable bonds is 8. The van der Waals surface area contributed by atoms with Gasteiger partial charge in [-0.1, -0.05) is 176 Å². The van der Waals surface area contributed by atoms with Gasteiger partial charge in [0.05, 0.1) is 0 Å². The molecule has 0 saturated heterocycles. The number of hydrogen-bond donors (Lipinski definition) is 0. The maximum Gasteiger partial charge on any atom is 0.227 e. The standard InChI is InChI=1S/C61H40N2O/c1-3-12-41(13-4-1)48-17-11-18-53(38-48)63(52-35-30-45(31-36-52)57-40-50-16-7-8-19-54(50)55-20-9-10-21-56(55)57)51-33-28-43(29-34-51)42-22-24-44(25-23-42)49-27-26-46-32-37-59-60(58(46)39-49)64-61(62-59)47-14-5-2-6-15-47/h1-40H. The summed E-state index contributed by atoms with van der Waals surface area (Å²) in [4.78, 5) is 7.17. The molecule has 0 fully saturated rings. The summed E-state index contributed by atoms with van der Waals surface area (Å²) in [7, 11) is 0. The number of fused-ring (bicyclic) bond motifs is 6. The van der Waals surface area contributed by atoms with Gasteiger partial charge in [0.1, 0.15) is 5.52 Å². The van der Waals surface area contributed by atoms with E-state index in [0.29, 0.717) is 5.89 Å². The van der Waals surface area contributed by atoms with E-state index in [1.807, 2.05) is 36.4 Å². The van der Waals surface area contributed by atoms with Gasteiger partial charge in [-0.2, -0.15) is 0 Å². The smallest absolute Gasteiger partial charge is 0.227 e. The van der Waals surface area contributed by atoms with Gasteiger partial charge in [0, 0.05) is 28.0 Å². The van der Waals surface area contributed by atoms with Crippen molar-refractivity contribution in [3.8, 4) is 56.0 Å². The molecule has 0 bridgehead atoms. The molecule has 3 heteroatoms. The van der Waals surface area contributed by atoms with Gasteiger partial charge in [0.15, 0.2) is 5.58 Å². The summed E-state index contributed by atoms with van der Waals surface area (Å²) in [6.07, 6.45) is 0. The van der Waals surface area contributed by atoms with Crippen molar-refractivity contribution >= 4 is 60.5 Å². The van der Waals surface area contributed by atoms with E-state index in [9.17, 15) is 0 Å². The topological polar surface area (TPSA) is 29.3 Å². The summed E-state index contributed by atoms with van der Waals surface area (Å²) in [5.74, 6) is 0.636.